The molecule has 19 heavy (non-hydrogen) atoms. The number of aryl methyl sites for hydroxylation is 1. The van der Waals surface area contributed by atoms with E-state index in [0.29, 0.717) is 6.04 Å². The lowest BCUT2D eigenvalue weighted by molar-refractivity contribution is 0.286. The van der Waals surface area contributed by atoms with E-state index in [2.05, 4.69) is 55.4 Å². The first-order valence-corrected chi connectivity index (χ1v) is 7.69. The first-order valence-electron chi connectivity index (χ1n) is 7.69. The first-order chi connectivity index (χ1) is 9.22. The molecule has 0 amide bonds. The largest absolute Gasteiger partial charge is 0.312 e. The fourth-order valence-electron chi connectivity index (χ4n) is 3.14. The highest BCUT2D eigenvalue weighted by Crippen LogP contribution is 2.23. The number of nitrogens with one attached hydrogen (secondary N) is 1. The minimum absolute atomic E-state index is 0.459. The zero-order valence-electron chi connectivity index (χ0n) is 12.7. The summed E-state index contributed by atoms with van der Waals surface area (Å²) in [7, 11) is 2.07. The minimum atomic E-state index is 0.459. The third-order valence-corrected chi connectivity index (χ3v) is 4.34. The molecule has 0 aliphatic carbocycles. The molecule has 0 spiro atoms. The topological polar surface area (TPSA) is 15.3 Å². The van der Waals surface area contributed by atoms with Crippen molar-refractivity contribution in [3.8, 4) is 0 Å². The van der Waals surface area contributed by atoms with Gasteiger partial charge in [-0.15, -0.1) is 0 Å². The SMILES string of the molecule is CCCC1CCN(CC(NC)c2ccc(C)cc2)C1. The van der Waals surface area contributed by atoms with Gasteiger partial charge in [-0.2, -0.15) is 0 Å². The number of rotatable bonds is 6. The van der Waals surface area contributed by atoms with Crippen molar-refractivity contribution in [2.75, 3.05) is 26.7 Å². The van der Waals surface area contributed by atoms with Crippen molar-refractivity contribution in [3.63, 3.8) is 0 Å². The molecule has 0 bridgehead atoms. The maximum Gasteiger partial charge on any atom is 0.0446 e. The van der Waals surface area contributed by atoms with Crippen LogP contribution in [0.4, 0.5) is 0 Å². The summed E-state index contributed by atoms with van der Waals surface area (Å²) < 4.78 is 0. The molecular weight excluding hydrogens is 232 g/mol. The van der Waals surface area contributed by atoms with Crippen molar-refractivity contribution < 1.29 is 0 Å². The third kappa shape index (κ3) is 4.05. The second-order valence-corrected chi connectivity index (χ2v) is 5.95. The van der Waals surface area contributed by atoms with Gasteiger partial charge in [0, 0.05) is 19.1 Å². The normalized spacial score (nSPS) is 21.7. The molecule has 1 fully saturated rings. The zero-order chi connectivity index (χ0) is 13.7. The molecular formula is C17H28N2. The van der Waals surface area contributed by atoms with Gasteiger partial charge >= 0.3 is 0 Å². The Morgan fingerprint density at radius 3 is 2.68 bits per heavy atom. The standard InChI is InChI=1S/C17H28N2/c1-4-5-15-10-11-19(12-15)13-17(18-3)16-8-6-14(2)7-9-16/h6-9,15,17-18H,4-5,10-13H2,1-3H3. The Bertz CT molecular complexity index is 371. The molecule has 2 rings (SSSR count). The zero-order valence-corrected chi connectivity index (χ0v) is 12.7. The molecule has 1 N–H and O–H groups in total. The van der Waals surface area contributed by atoms with Gasteiger partial charge in [0.2, 0.25) is 0 Å². The Hall–Kier alpha value is -0.860. The average molecular weight is 260 g/mol. The fraction of sp³-hybridized carbons (Fsp3) is 0.647. The van der Waals surface area contributed by atoms with Gasteiger partial charge in [0.05, 0.1) is 0 Å². The number of likely N-dealkylation sites (tertiary alicyclic amines) is 1. The Balaban J connectivity index is 1.91. The van der Waals surface area contributed by atoms with Gasteiger partial charge in [0.15, 0.2) is 0 Å². The van der Waals surface area contributed by atoms with Gasteiger partial charge in [-0.25, -0.2) is 0 Å². The molecule has 2 atom stereocenters. The van der Waals surface area contributed by atoms with E-state index in [1.807, 2.05) is 0 Å². The average Bonchev–Trinajstić information content (AvgIpc) is 2.85. The first kappa shape index (κ1) is 14.5. The van der Waals surface area contributed by atoms with E-state index < -0.39 is 0 Å². The molecule has 2 unspecified atom stereocenters. The summed E-state index contributed by atoms with van der Waals surface area (Å²) >= 11 is 0. The van der Waals surface area contributed by atoms with Crippen molar-refractivity contribution >= 4 is 0 Å². The molecule has 1 aromatic carbocycles. The van der Waals surface area contributed by atoms with E-state index in [1.54, 1.807) is 0 Å². The highest BCUT2D eigenvalue weighted by molar-refractivity contribution is 5.24. The number of hydrogen-bond donors (Lipinski definition) is 1. The molecule has 2 nitrogen and oxygen atoms in total. The monoisotopic (exact) mass is 260 g/mol. The number of hydrogen-bond acceptors (Lipinski definition) is 2. The van der Waals surface area contributed by atoms with Crippen LogP contribution in [-0.4, -0.2) is 31.6 Å². The van der Waals surface area contributed by atoms with Crippen molar-refractivity contribution in [1.29, 1.82) is 0 Å². The Morgan fingerprint density at radius 2 is 2.05 bits per heavy atom. The van der Waals surface area contributed by atoms with Crippen molar-refractivity contribution in [2.24, 2.45) is 5.92 Å². The molecule has 1 aliphatic heterocycles. The number of benzene rings is 1. The Kier molecular flexibility index (Phi) is 5.41. The van der Waals surface area contributed by atoms with Gasteiger partial charge in [0.25, 0.3) is 0 Å². The summed E-state index contributed by atoms with van der Waals surface area (Å²) in [6, 6.07) is 9.40. The predicted octanol–water partition coefficient (Wildman–Crippen LogP) is 3.38. The lowest BCUT2D eigenvalue weighted by atomic mass is 10.0. The van der Waals surface area contributed by atoms with Crippen LogP contribution in [0.25, 0.3) is 0 Å². The highest BCUT2D eigenvalue weighted by atomic mass is 15.2. The summed E-state index contributed by atoms with van der Waals surface area (Å²) in [4.78, 5) is 2.63. The van der Waals surface area contributed by atoms with E-state index in [1.165, 1.54) is 43.5 Å². The molecule has 106 valence electrons. The van der Waals surface area contributed by atoms with Gasteiger partial charge in [0.1, 0.15) is 0 Å². The van der Waals surface area contributed by atoms with Crippen LogP contribution >= 0.6 is 0 Å². The lowest BCUT2D eigenvalue weighted by Gasteiger charge is -2.24. The molecule has 2 heteroatoms. The van der Waals surface area contributed by atoms with Crippen molar-refractivity contribution in [2.45, 2.75) is 39.2 Å². The summed E-state index contributed by atoms with van der Waals surface area (Å²) in [6.07, 6.45) is 4.11. The van der Waals surface area contributed by atoms with Crippen LogP contribution < -0.4 is 5.32 Å². The van der Waals surface area contributed by atoms with Gasteiger partial charge in [-0.1, -0.05) is 43.2 Å². The van der Waals surface area contributed by atoms with Crippen LogP contribution in [0.3, 0.4) is 0 Å². The van der Waals surface area contributed by atoms with Gasteiger partial charge < -0.3 is 10.2 Å². The highest BCUT2D eigenvalue weighted by Gasteiger charge is 2.23. The maximum atomic E-state index is 3.47. The molecule has 1 aromatic rings. The molecule has 1 saturated heterocycles. The molecule has 0 saturated carbocycles. The van der Waals surface area contributed by atoms with Crippen LogP contribution in [0.1, 0.15) is 43.4 Å². The van der Waals surface area contributed by atoms with E-state index in [-0.39, 0.29) is 0 Å². The van der Waals surface area contributed by atoms with E-state index in [0.717, 1.165) is 12.5 Å². The van der Waals surface area contributed by atoms with Crippen LogP contribution in [0.15, 0.2) is 24.3 Å². The van der Waals surface area contributed by atoms with E-state index in [9.17, 15) is 0 Å². The summed E-state index contributed by atoms with van der Waals surface area (Å²) in [5, 5.41) is 3.47. The Labute approximate surface area is 118 Å². The quantitative estimate of drug-likeness (QED) is 0.843. The van der Waals surface area contributed by atoms with Gasteiger partial charge in [-0.3, -0.25) is 0 Å². The summed E-state index contributed by atoms with van der Waals surface area (Å²) in [6.45, 7) is 8.14. The van der Waals surface area contributed by atoms with Crippen LogP contribution in [-0.2, 0) is 0 Å². The van der Waals surface area contributed by atoms with E-state index in [4.69, 9.17) is 0 Å². The summed E-state index contributed by atoms with van der Waals surface area (Å²) in [5.41, 5.74) is 2.75. The van der Waals surface area contributed by atoms with Crippen LogP contribution in [0.2, 0.25) is 0 Å². The third-order valence-electron chi connectivity index (χ3n) is 4.34. The molecule has 1 aliphatic rings. The maximum absolute atomic E-state index is 3.47. The molecule has 1 heterocycles. The number of nitrogens with zero attached hydrogens (tertiary/aromatic N) is 1. The smallest absolute Gasteiger partial charge is 0.0446 e. The fourth-order valence-corrected chi connectivity index (χ4v) is 3.14. The lowest BCUT2D eigenvalue weighted by Crippen LogP contribution is -2.32. The van der Waals surface area contributed by atoms with Gasteiger partial charge in [-0.05, 0) is 44.8 Å². The number of likely N-dealkylation sites (N-methyl/N-ethyl adjacent to an activating group) is 1. The second kappa shape index (κ2) is 7.06. The van der Waals surface area contributed by atoms with Crippen molar-refractivity contribution in [1.82, 2.24) is 10.2 Å². The molecule has 0 radical (unpaired) electrons. The summed E-state index contributed by atoms with van der Waals surface area (Å²) in [5.74, 6) is 0.931. The van der Waals surface area contributed by atoms with Crippen LogP contribution in [0, 0.1) is 12.8 Å². The predicted molar refractivity (Wildman–Crippen MR) is 82.4 cm³/mol. The Morgan fingerprint density at radius 1 is 1.32 bits per heavy atom. The molecule has 0 aromatic heterocycles. The second-order valence-electron chi connectivity index (χ2n) is 5.95. The van der Waals surface area contributed by atoms with Crippen LogP contribution in [0.5, 0.6) is 0 Å². The minimum Gasteiger partial charge on any atom is -0.312 e. The van der Waals surface area contributed by atoms with Crippen molar-refractivity contribution in [3.05, 3.63) is 35.4 Å². The van der Waals surface area contributed by atoms with E-state index >= 15 is 0 Å².